The number of ketones is 1. The summed E-state index contributed by atoms with van der Waals surface area (Å²) < 4.78 is 49.2. The van der Waals surface area contributed by atoms with Gasteiger partial charge >= 0.3 is 0 Å². The molecule has 7 nitrogen and oxygen atoms in total. The van der Waals surface area contributed by atoms with Crippen LogP contribution in [-0.2, 0) is 14.6 Å². The van der Waals surface area contributed by atoms with E-state index in [4.69, 9.17) is 9.47 Å². The van der Waals surface area contributed by atoms with E-state index in [1.54, 1.807) is 6.92 Å². The summed E-state index contributed by atoms with van der Waals surface area (Å²) in [4.78, 5) is 20.1. The first kappa shape index (κ1) is 24.1. The van der Waals surface area contributed by atoms with Crippen molar-refractivity contribution in [3.05, 3.63) is 35.9 Å². The summed E-state index contributed by atoms with van der Waals surface area (Å²) in [6.07, 6.45) is 6.41. The van der Waals surface area contributed by atoms with Crippen molar-refractivity contribution in [2.24, 2.45) is 11.8 Å². The predicted molar refractivity (Wildman–Crippen MR) is 117 cm³/mol. The van der Waals surface area contributed by atoms with Crippen LogP contribution in [-0.4, -0.2) is 36.5 Å². The van der Waals surface area contributed by atoms with Crippen LogP contribution < -0.4 is 9.47 Å². The molecule has 0 N–H and O–H groups in total. The standard InChI is InChI=1S/C23H29FN2O5S/c1-14(2)20(27)11-16-5-7-17(8-6-16)30-22-15(3)23(26-13-25-22)31-21-10-9-18(12-19(21)24)32(4,28)29/h9-10,12-14,16-17H,5-8,11H2,1-4H3. The molecule has 1 aromatic carbocycles. The summed E-state index contributed by atoms with van der Waals surface area (Å²) in [6.45, 7) is 5.58. The molecule has 0 radical (unpaired) electrons. The zero-order valence-electron chi connectivity index (χ0n) is 18.8. The molecule has 1 aliphatic rings. The van der Waals surface area contributed by atoms with Gasteiger partial charge in [0.15, 0.2) is 21.4 Å². The largest absolute Gasteiger partial charge is 0.474 e. The van der Waals surface area contributed by atoms with Crippen LogP contribution >= 0.6 is 0 Å². The molecule has 0 amide bonds. The maximum Gasteiger partial charge on any atom is 0.229 e. The Hall–Kier alpha value is -2.55. The third-order valence-corrected chi connectivity index (χ3v) is 6.85. The number of nitrogens with zero attached hydrogens (tertiary/aromatic N) is 2. The Morgan fingerprint density at radius 2 is 1.81 bits per heavy atom. The van der Waals surface area contributed by atoms with Gasteiger partial charge in [0.25, 0.3) is 0 Å². The lowest BCUT2D eigenvalue weighted by molar-refractivity contribution is -0.123. The van der Waals surface area contributed by atoms with Gasteiger partial charge < -0.3 is 9.47 Å². The summed E-state index contributed by atoms with van der Waals surface area (Å²) in [6, 6.07) is 3.46. The number of hydrogen-bond donors (Lipinski definition) is 0. The zero-order chi connectivity index (χ0) is 23.5. The van der Waals surface area contributed by atoms with Crippen LogP contribution in [0, 0.1) is 24.6 Å². The molecule has 0 unspecified atom stereocenters. The number of Topliss-reactive ketones (excluding diaryl/α,β-unsaturated/α-hetero) is 1. The van der Waals surface area contributed by atoms with Crippen molar-refractivity contribution < 1.29 is 27.1 Å². The topological polar surface area (TPSA) is 95.5 Å². The zero-order valence-corrected chi connectivity index (χ0v) is 19.6. The van der Waals surface area contributed by atoms with E-state index in [9.17, 15) is 17.6 Å². The summed E-state index contributed by atoms with van der Waals surface area (Å²) in [5, 5.41) is 0. The van der Waals surface area contributed by atoms with Gasteiger partial charge in [-0.3, -0.25) is 4.79 Å². The first-order valence-electron chi connectivity index (χ1n) is 10.7. The highest BCUT2D eigenvalue weighted by Crippen LogP contribution is 2.33. The maximum atomic E-state index is 14.4. The Labute approximate surface area is 188 Å². The predicted octanol–water partition coefficient (Wildman–Crippen LogP) is 4.67. The van der Waals surface area contributed by atoms with Crippen LogP contribution in [0.5, 0.6) is 17.5 Å². The van der Waals surface area contributed by atoms with E-state index in [0.29, 0.717) is 29.6 Å². The van der Waals surface area contributed by atoms with E-state index in [-0.39, 0.29) is 28.5 Å². The molecule has 32 heavy (non-hydrogen) atoms. The number of halogens is 1. The Balaban J connectivity index is 1.65. The number of hydrogen-bond acceptors (Lipinski definition) is 7. The van der Waals surface area contributed by atoms with Crippen molar-refractivity contribution in [3.8, 4) is 17.5 Å². The monoisotopic (exact) mass is 464 g/mol. The van der Waals surface area contributed by atoms with Gasteiger partial charge in [-0.25, -0.2) is 22.8 Å². The number of carbonyl (C=O) groups is 1. The van der Waals surface area contributed by atoms with Crippen LogP contribution in [0.2, 0.25) is 0 Å². The van der Waals surface area contributed by atoms with Crippen molar-refractivity contribution in [1.82, 2.24) is 9.97 Å². The highest BCUT2D eigenvalue weighted by molar-refractivity contribution is 7.90. The molecule has 0 saturated heterocycles. The van der Waals surface area contributed by atoms with Gasteiger partial charge in [0.05, 0.1) is 10.5 Å². The SMILES string of the molecule is Cc1c(Oc2ccc(S(C)(=O)=O)cc2F)ncnc1OC1CCC(CC(=O)C(C)C)CC1. The molecule has 0 atom stereocenters. The van der Waals surface area contributed by atoms with E-state index in [2.05, 4.69) is 9.97 Å². The average Bonchev–Trinajstić information content (AvgIpc) is 2.72. The van der Waals surface area contributed by atoms with Gasteiger partial charge in [-0.05, 0) is 56.7 Å². The summed E-state index contributed by atoms with van der Waals surface area (Å²) >= 11 is 0. The molecule has 1 fully saturated rings. The quantitative estimate of drug-likeness (QED) is 0.560. The second-order valence-electron chi connectivity index (χ2n) is 8.66. The van der Waals surface area contributed by atoms with Crippen molar-refractivity contribution >= 4 is 15.6 Å². The van der Waals surface area contributed by atoms with Crippen LogP contribution in [0.25, 0.3) is 0 Å². The molecule has 174 valence electrons. The Kier molecular flexibility index (Phi) is 7.48. The molecular formula is C23H29FN2O5S. The molecule has 0 bridgehead atoms. The summed E-state index contributed by atoms with van der Waals surface area (Å²) in [5.41, 5.74) is 0.524. The molecule has 3 rings (SSSR count). The van der Waals surface area contributed by atoms with Crippen LogP contribution in [0.3, 0.4) is 0 Å². The van der Waals surface area contributed by atoms with Crippen molar-refractivity contribution in [2.75, 3.05) is 6.26 Å². The van der Waals surface area contributed by atoms with Crippen LogP contribution in [0.1, 0.15) is 51.5 Å². The molecule has 1 aliphatic carbocycles. The van der Waals surface area contributed by atoms with Crippen LogP contribution in [0.4, 0.5) is 4.39 Å². The molecule has 2 aromatic rings. The lowest BCUT2D eigenvalue weighted by atomic mass is 9.83. The number of sulfone groups is 1. The van der Waals surface area contributed by atoms with E-state index in [0.717, 1.165) is 38.0 Å². The molecule has 1 aromatic heterocycles. The maximum absolute atomic E-state index is 14.4. The second-order valence-corrected chi connectivity index (χ2v) is 10.7. The van der Waals surface area contributed by atoms with Crippen LogP contribution in [0.15, 0.2) is 29.4 Å². The number of rotatable bonds is 8. The minimum atomic E-state index is -3.52. The normalized spacial score (nSPS) is 19.1. The van der Waals surface area contributed by atoms with Gasteiger partial charge in [-0.15, -0.1) is 0 Å². The Bertz CT molecular complexity index is 1080. The fourth-order valence-electron chi connectivity index (χ4n) is 3.67. The van der Waals surface area contributed by atoms with Crippen molar-refractivity contribution in [2.45, 2.75) is 63.9 Å². The fourth-order valence-corrected chi connectivity index (χ4v) is 4.30. The van der Waals surface area contributed by atoms with E-state index < -0.39 is 15.7 Å². The van der Waals surface area contributed by atoms with E-state index in [1.165, 1.54) is 18.5 Å². The molecule has 0 aliphatic heterocycles. The Morgan fingerprint density at radius 1 is 1.16 bits per heavy atom. The molecule has 1 saturated carbocycles. The smallest absolute Gasteiger partial charge is 0.229 e. The first-order chi connectivity index (χ1) is 15.0. The first-order valence-corrected chi connectivity index (χ1v) is 12.6. The minimum Gasteiger partial charge on any atom is -0.474 e. The lowest BCUT2D eigenvalue weighted by Gasteiger charge is -2.29. The van der Waals surface area contributed by atoms with Crippen molar-refractivity contribution in [3.63, 3.8) is 0 Å². The average molecular weight is 465 g/mol. The molecule has 9 heteroatoms. The van der Waals surface area contributed by atoms with Gasteiger partial charge in [0.2, 0.25) is 11.8 Å². The lowest BCUT2D eigenvalue weighted by Crippen LogP contribution is -2.26. The fraction of sp³-hybridized carbons (Fsp3) is 0.522. The highest BCUT2D eigenvalue weighted by Gasteiger charge is 2.26. The molecule has 0 spiro atoms. The molecular weight excluding hydrogens is 435 g/mol. The summed E-state index contributed by atoms with van der Waals surface area (Å²) in [7, 11) is -3.52. The van der Waals surface area contributed by atoms with Gasteiger partial charge in [0.1, 0.15) is 18.2 Å². The number of carbonyl (C=O) groups excluding carboxylic acids is 1. The van der Waals surface area contributed by atoms with E-state index >= 15 is 0 Å². The third kappa shape index (κ3) is 6.03. The molecule has 1 heterocycles. The number of benzene rings is 1. The number of ether oxygens (including phenoxy) is 2. The third-order valence-electron chi connectivity index (χ3n) is 5.74. The van der Waals surface area contributed by atoms with E-state index in [1.807, 2.05) is 13.8 Å². The number of aromatic nitrogens is 2. The van der Waals surface area contributed by atoms with Gasteiger partial charge in [-0.2, -0.15) is 0 Å². The second kappa shape index (κ2) is 9.94. The highest BCUT2D eigenvalue weighted by atomic mass is 32.2. The summed E-state index contributed by atoms with van der Waals surface area (Å²) in [5.74, 6) is 0.330. The van der Waals surface area contributed by atoms with Crippen molar-refractivity contribution in [1.29, 1.82) is 0 Å². The minimum absolute atomic E-state index is 0.0207. The van der Waals surface area contributed by atoms with Gasteiger partial charge in [0, 0.05) is 18.6 Å². The van der Waals surface area contributed by atoms with Gasteiger partial charge in [-0.1, -0.05) is 13.8 Å². The Morgan fingerprint density at radius 3 is 2.41 bits per heavy atom.